The number of nitrogens with one attached hydrogen (secondary N) is 1. The quantitative estimate of drug-likeness (QED) is 0.227. The summed E-state index contributed by atoms with van der Waals surface area (Å²) in [4.78, 5) is 26.6. The van der Waals surface area contributed by atoms with Gasteiger partial charge in [0.15, 0.2) is 5.78 Å². The fourth-order valence-electron chi connectivity index (χ4n) is 11.7. The highest BCUT2D eigenvalue weighted by atomic mass is 16.5. The van der Waals surface area contributed by atoms with E-state index in [9.17, 15) is 9.59 Å². The van der Waals surface area contributed by atoms with Crippen LogP contribution in [-0.2, 0) is 26.2 Å². The van der Waals surface area contributed by atoms with Gasteiger partial charge in [0.1, 0.15) is 12.2 Å². The van der Waals surface area contributed by atoms with Gasteiger partial charge in [-0.25, -0.2) is 0 Å². The van der Waals surface area contributed by atoms with Crippen LogP contribution in [0.2, 0.25) is 0 Å². The molecule has 1 aromatic rings. The summed E-state index contributed by atoms with van der Waals surface area (Å²) in [5.41, 5.74) is 10.5. The molecule has 1 aromatic heterocycles. The van der Waals surface area contributed by atoms with Crippen molar-refractivity contribution in [2.45, 2.75) is 125 Å². The first kappa shape index (κ1) is 29.0. The fraction of sp³-hybridized carbons (Fsp3) is 0.800. The SMILES string of the molecule is CCOC(=O)CC(=O)[C@]12CCC(C)(C)CC1C1=CCC3[C@@]4(C)Cc5c(N)n[nH]c5C(C)(C)C4CC[C@@]3(C)[C@]1(C)CC2. The van der Waals surface area contributed by atoms with E-state index in [0.29, 0.717) is 24.3 Å². The van der Waals surface area contributed by atoms with Gasteiger partial charge < -0.3 is 10.5 Å². The second-order valence-corrected chi connectivity index (χ2v) is 16.6. The molecule has 5 aliphatic carbocycles. The van der Waals surface area contributed by atoms with Gasteiger partial charge in [0, 0.05) is 22.1 Å². The Kier molecular flexibility index (Phi) is 6.33. The molecule has 5 aliphatic rings. The summed E-state index contributed by atoms with van der Waals surface area (Å²) in [6.07, 6.45) is 11.8. The molecule has 226 valence electrons. The lowest BCUT2D eigenvalue weighted by atomic mass is 9.33. The Balaban J connectivity index is 1.42. The summed E-state index contributed by atoms with van der Waals surface area (Å²) >= 11 is 0. The summed E-state index contributed by atoms with van der Waals surface area (Å²) in [6.45, 7) is 19.4. The molecule has 7 atom stereocenters. The summed E-state index contributed by atoms with van der Waals surface area (Å²) in [6, 6.07) is 0. The van der Waals surface area contributed by atoms with Gasteiger partial charge >= 0.3 is 5.97 Å². The first-order valence-corrected chi connectivity index (χ1v) is 16.3. The topological polar surface area (TPSA) is 98.1 Å². The molecule has 0 radical (unpaired) electrons. The van der Waals surface area contributed by atoms with E-state index in [2.05, 4.69) is 64.7 Å². The van der Waals surface area contributed by atoms with Gasteiger partial charge in [0.25, 0.3) is 0 Å². The van der Waals surface area contributed by atoms with Crippen LogP contribution in [0.25, 0.3) is 0 Å². The molecular formula is C35H53N3O3. The lowest BCUT2D eigenvalue weighted by molar-refractivity contribution is -0.168. The standard InChI is InChI=1S/C35H53N3O3/c1-9-41-27(40)18-26(39)35-16-14-30(2,3)20-23(35)22-10-11-25-32(6)19-21-28(37-38-29(21)36)31(4,5)24(32)12-13-34(25,8)33(22,7)15-17-35/h10,23-25H,9,11-20H2,1-8H3,(H3,36,37,38)/t23?,24?,25?,32-,33+,34+,35-/m0/s1. The van der Waals surface area contributed by atoms with Gasteiger partial charge in [-0.1, -0.05) is 60.1 Å². The maximum absolute atomic E-state index is 14.1. The van der Waals surface area contributed by atoms with Crippen molar-refractivity contribution in [1.82, 2.24) is 10.2 Å². The van der Waals surface area contributed by atoms with Crippen molar-refractivity contribution in [3.63, 3.8) is 0 Å². The lowest BCUT2D eigenvalue weighted by Crippen LogP contribution is -2.64. The van der Waals surface area contributed by atoms with Gasteiger partial charge in [-0.05, 0) is 104 Å². The van der Waals surface area contributed by atoms with Crippen LogP contribution in [-0.4, -0.2) is 28.6 Å². The van der Waals surface area contributed by atoms with E-state index in [1.807, 2.05) is 6.92 Å². The minimum absolute atomic E-state index is 0.00614. The molecule has 0 bridgehead atoms. The number of anilines is 1. The number of nitrogen functional groups attached to an aromatic ring is 1. The average Bonchev–Trinajstić information content (AvgIpc) is 3.24. The number of Topliss-reactive ketones (excluding diaryl/α,β-unsaturated/α-hetero) is 1. The van der Waals surface area contributed by atoms with Crippen LogP contribution in [0, 0.1) is 44.8 Å². The Morgan fingerprint density at radius 1 is 1.02 bits per heavy atom. The zero-order chi connectivity index (χ0) is 29.8. The zero-order valence-corrected chi connectivity index (χ0v) is 26.8. The molecule has 1 heterocycles. The third-order valence-corrected chi connectivity index (χ3v) is 14.0. The van der Waals surface area contributed by atoms with Crippen LogP contribution in [0.15, 0.2) is 11.6 Å². The zero-order valence-electron chi connectivity index (χ0n) is 26.8. The Morgan fingerprint density at radius 2 is 1.73 bits per heavy atom. The van der Waals surface area contributed by atoms with Crippen molar-refractivity contribution in [2.75, 3.05) is 12.3 Å². The minimum atomic E-state index is -0.440. The molecule has 0 aliphatic heterocycles. The molecule has 0 saturated heterocycles. The third kappa shape index (κ3) is 3.76. The van der Waals surface area contributed by atoms with Crippen LogP contribution in [0.4, 0.5) is 5.82 Å². The summed E-state index contributed by atoms with van der Waals surface area (Å²) in [5, 5.41) is 7.80. The number of hydrogen-bond acceptors (Lipinski definition) is 5. The van der Waals surface area contributed by atoms with E-state index >= 15 is 0 Å². The van der Waals surface area contributed by atoms with Gasteiger partial charge in [-0.15, -0.1) is 0 Å². The van der Waals surface area contributed by atoms with Gasteiger partial charge in [-0.2, -0.15) is 5.10 Å². The average molecular weight is 564 g/mol. The first-order chi connectivity index (χ1) is 19.1. The fourth-order valence-corrected chi connectivity index (χ4v) is 11.7. The van der Waals surface area contributed by atoms with Crippen molar-refractivity contribution in [3.8, 4) is 0 Å². The molecule has 6 rings (SSSR count). The molecule has 3 saturated carbocycles. The Morgan fingerprint density at radius 3 is 2.44 bits per heavy atom. The number of aromatic amines is 1. The number of allylic oxidation sites excluding steroid dienone is 2. The van der Waals surface area contributed by atoms with Crippen LogP contribution < -0.4 is 5.73 Å². The van der Waals surface area contributed by atoms with Gasteiger partial charge in [-0.3, -0.25) is 14.7 Å². The van der Waals surface area contributed by atoms with Gasteiger partial charge in [0.05, 0.1) is 6.61 Å². The number of carbonyl (C=O) groups excluding carboxylic acids is 2. The molecule has 0 amide bonds. The number of fused-ring (bicyclic) bond motifs is 8. The number of esters is 1. The van der Waals surface area contributed by atoms with Crippen molar-refractivity contribution in [2.24, 2.45) is 44.8 Å². The third-order valence-electron chi connectivity index (χ3n) is 14.0. The number of ether oxygens (including phenoxy) is 1. The predicted octanol–water partition coefficient (Wildman–Crippen LogP) is 7.33. The van der Waals surface area contributed by atoms with Gasteiger partial charge in [0.2, 0.25) is 0 Å². The number of rotatable bonds is 4. The monoisotopic (exact) mass is 563 g/mol. The van der Waals surface area contributed by atoms with E-state index < -0.39 is 5.41 Å². The number of ketones is 1. The Hall–Kier alpha value is -2.11. The smallest absolute Gasteiger partial charge is 0.313 e. The number of carbonyl (C=O) groups is 2. The number of nitrogens with zero attached hydrogens (tertiary/aromatic N) is 1. The maximum Gasteiger partial charge on any atom is 0.313 e. The normalized spacial score (nSPS) is 42.0. The second-order valence-electron chi connectivity index (χ2n) is 16.6. The van der Waals surface area contributed by atoms with Crippen LogP contribution in [0.1, 0.15) is 124 Å². The number of aromatic nitrogens is 2. The molecule has 41 heavy (non-hydrogen) atoms. The van der Waals surface area contributed by atoms with Crippen molar-refractivity contribution < 1.29 is 14.3 Å². The van der Waals surface area contributed by atoms with E-state index in [0.717, 1.165) is 44.9 Å². The van der Waals surface area contributed by atoms with Crippen LogP contribution in [0.5, 0.6) is 0 Å². The Bertz CT molecular complexity index is 1310. The summed E-state index contributed by atoms with van der Waals surface area (Å²) < 4.78 is 5.25. The van der Waals surface area contributed by atoms with E-state index in [1.165, 1.54) is 29.7 Å². The predicted molar refractivity (Wildman–Crippen MR) is 162 cm³/mol. The number of hydrogen-bond donors (Lipinski definition) is 2. The summed E-state index contributed by atoms with van der Waals surface area (Å²) in [5.74, 6) is 1.72. The largest absolute Gasteiger partial charge is 0.466 e. The maximum atomic E-state index is 14.1. The van der Waals surface area contributed by atoms with Crippen molar-refractivity contribution in [1.29, 1.82) is 0 Å². The molecule has 6 heteroatoms. The van der Waals surface area contributed by atoms with Crippen LogP contribution >= 0.6 is 0 Å². The highest BCUT2D eigenvalue weighted by Gasteiger charge is 2.69. The second kappa shape index (κ2) is 8.95. The summed E-state index contributed by atoms with van der Waals surface area (Å²) in [7, 11) is 0. The molecule has 6 nitrogen and oxygen atoms in total. The number of H-pyrrole nitrogens is 1. The molecule has 0 aromatic carbocycles. The van der Waals surface area contributed by atoms with E-state index in [1.54, 1.807) is 0 Å². The van der Waals surface area contributed by atoms with E-state index in [-0.39, 0.29) is 51.2 Å². The first-order valence-electron chi connectivity index (χ1n) is 16.3. The highest BCUT2D eigenvalue weighted by Crippen LogP contribution is 2.75. The Labute approximate surface area is 247 Å². The molecule has 3 N–H and O–H groups in total. The molecular weight excluding hydrogens is 510 g/mol. The van der Waals surface area contributed by atoms with Crippen molar-refractivity contribution >= 4 is 17.6 Å². The van der Waals surface area contributed by atoms with Crippen molar-refractivity contribution in [3.05, 3.63) is 22.9 Å². The van der Waals surface area contributed by atoms with Crippen LogP contribution in [0.3, 0.4) is 0 Å². The molecule has 0 spiro atoms. The minimum Gasteiger partial charge on any atom is -0.466 e. The molecule has 3 unspecified atom stereocenters. The molecule has 3 fully saturated rings. The van der Waals surface area contributed by atoms with E-state index in [4.69, 9.17) is 10.5 Å². The number of nitrogens with two attached hydrogens (primary N) is 1. The lowest BCUT2D eigenvalue weighted by Gasteiger charge is -2.70. The highest BCUT2D eigenvalue weighted by molar-refractivity contribution is 5.99.